The van der Waals surface area contributed by atoms with Gasteiger partial charge >= 0.3 is 0 Å². The molecule has 0 amide bonds. The zero-order chi connectivity index (χ0) is 13.1. The summed E-state index contributed by atoms with van der Waals surface area (Å²) in [6.07, 6.45) is 2.54. The Morgan fingerprint density at radius 1 is 1.39 bits per heavy atom. The van der Waals surface area contributed by atoms with Crippen LogP contribution in [0.2, 0.25) is 0 Å². The van der Waals surface area contributed by atoms with Crippen molar-refractivity contribution in [3.63, 3.8) is 0 Å². The predicted octanol–water partition coefficient (Wildman–Crippen LogP) is 3.02. The molecule has 1 fully saturated rings. The van der Waals surface area contributed by atoms with Crippen LogP contribution in [0.25, 0.3) is 0 Å². The number of benzene rings is 1. The summed E-state index contributed by atoms with van der Waals surface area (Å²) in [5.41, 5.74) is 1.15. The predicted molar refractivity (Wildman–Crippen MR) is 72.9 cm³/mol. The molecule has 1 aliphatic heterocycles. The maximum Gasteiger partial charge on any atom is 0.160 e. The number of hydrogen-bond acceptors (Lipinski definition) is 3. The molecule has 2 unspecified atom stereocenters. The molecule has 0 aromatic heterocycles. The number of hydrogen-bond donors (Lipinski definition) is 1. The first kappa shape index (κ1) is 13.2. The number of aromatic hydroxyl groups is 1. The highest BCUT2D eigenvalue weighted by atomic mass is 16.5. The minimum atomic E-state index is 0.230. The van der Waals surface area contributed by atoms with Gasteiger partial charge in [-0.05, 0) is 49.9 Å². The van der Waals surface area contributed by atoms with Gasteiger partial charge in [0.1, 0.15) is 0 Å². The number of phenolic OH excluding ortho intramolecular Hbond substituents is 1. The molecule has 0 aliphatic carbocycles. The van der Waals surface area contributed by atoms with Gasteiger partial charge in [-0.1, -0.05) is 13.0 Å². The van der Waals surface area contributed by atoms with Crippen molar-refractivity contribution in [1.82, 2.24) is 4.90 Å². The first-order valence-electron chi connectivity index (χ1n) is 6.70. The smallest absolute Gasteiger partial charge is 0.160 e. The van der Waals surface area contributed by atoms with E-state index in [1.54, 1.807) is 7.11 Å². The summed E-state index contributed by atoms with van der Waals surface area (Å²) in [5, 5.41) is 9.79. The lowest BCUT2D eigenvalue weighted by atomic mass is 9.93. The van der Waals surface area contributed by atoms with Gasteiger partial charge in [0.2, 0.25) is 0 Å². The number of rotatable bonds is 3. The van der Waals surface area contributed by atoms with E-state index in [1.807, 2.05) is 18.2 Å². The number of nitrogens with zero attached hydrogens (tertiary/aromatic N) is 1. The van der Waals surface area contributed by atoms with Gasteiger partial charge in [-0.3, -0.25) is 4.90 Å². The van der Waals surface area contributed by atoms with E-state index in [1.165, 1.54) is 12.8 Å². The minimum Gasteiger partial charge on any atom is -0.504 e. The fraction of sp³-hybridized carbons (Fsp3) is 0.600. The highest BCUT2D eigenvalue weighted by molar-refractivity contribution is 5.41. The Morgan fingerprint density at radius 3 is 2.78 bits per heavy atom. The van der Waals surface area contributed by atoms with Crippen LogP contribution in [0.4, 0.5) is 0 Å². The maximum atomic E-state index is 9.79. The van der Waals surface area contributed by atoms with Crippen molar-refractivity contribution in [2.24, 2.45) is 5.92 Å². The van der Waals surface area contributed by atoms with Gasteiger partial charge in [0.05, 0.1) is 7.11 Å². The Bertz CT molecular complexity index is 405. The molecule has 100 valence electrons. The zero-order valence-corrected chi connectivity index (χ0v) is 11.5. The Hall–Kier alpha value is -1.22. The second kappa shape index (κ2) is 5.61. The van der Waals surface area contributed by atoms with Crippen molar-refractivity contribution >= 4 is 0 Å². The second-order valence-corrected chi connectivity index (χ2v) is 5.46. The molecule has 0 radical (unpaired) electrons. The molecule has 1 aromatic carbocycles. The molecular formula is C15H23NO2. The molecule has 1 aliphatic rings. The Morgan fingerprint density at radius 2 is 2.17 bits per heavy atom. The lowest BCUT2D eigenvalue weighted by Crippen LogP contribution is -2.39. The fourth-order valence-corrected chi connectivity index (χ4v) is 2.76. The summed E-state index contributed by atoms with van der Waals surface area (Å²) in [4.78, 5) is 2.49. The van der Waals surface area contributed by atoms with Crippen molar-refractivity contribution in [3.8, 4) is 11.5 Å². The zero-order valence-electron chi connectivity index (χ0n) is 11.5. The van der Waals surface area contributed by atoms with Gasteiger partial charge in [0, 0.05) is 12.6 Å². The van der Waals surface area contributed by atoms with Crippen LogP contribution in [0, 0.1) is 5.92 Å². The first-order chi connectivity index (χ1) is 8.60. The van der Waals surface area contributed by atoms with Crippen LogP contribution in [0.15, 0.2) is 18.2 Å². The average Bonchev–Trinajstić information content (AvgIpc) is 2.33. The molecule has 1 saturated heterocycles. The molecule has 3 nitrogen and oxygen atoms in total. The number of ether oxygens (including phenoxy) is 1. The lowest BCUT2D eigenvalue weighted by Gasteiger charge is -2.36. The van der Waals surface area contributed by atoms with Gasteiger partial charge in [0.25, 0.3) is 0 Å². The molecule has 0 spiro atoms. The van der Waals surface area contributed by atoms with Crippen molar-refractivity contribution in [2.45, 2.75) is 39.3 Å². The molecular weight excluding hydrogens is 226 g/mol. The normalized spacial score (nSPS) is 25.1. The SMILES string of the molecule is COc1ccc(CN2CCC(C)CC2C)cc1O. The average molecular weight is 249 g/mol. The van der Waals surface area contributed by atoms with Gasteiger partial charge in [-0.2, -0.15) is 0 Å². The summed E-state index contributed by atoms with van der Waals surface area (Å²) in [6.45, 7) is 6.67. The van der Waals surface area contributed by atoms with Crippen LogP contribution in [-0.2, 0) is 6.54 Å². The van der Waals surface area contributed by atoms with E-state index < -0.39 is 0 Å². The van der Waals surface area contributed by atoms with E-state index in [0.717, 1.165) is 24.6 Å². The first-order valence-corrected chi connectivity index (χ1v) is 6.70. The number of piperidine rings is 1. The van der Waals surface area contributed by atoms with Crippen molar-refractivity contribution in [1.29, 1.82) is 0 Å². The molecule has 1 heterocycles. The molecule has 0 saturated carbocycles. The van der Waals surface area contributed by atoms with Crippen LogP contribution in [-0.4, -0.2) is 29.7 Å². The summed E-state index contributed by atoms with van der Waals surface area (Å²) in [5.74, 6) is 1.60. The van der Waals surface area contributed by atoms with Crippen LogP contribution in [0.1, 0.15) is 32.3 Å². The molecule has 1 aromatic rings. The molecule has 3 heteroatoms. The Labute approximate surface area is 109 Å². The second-order valence-electron chi connectivity index (χ2n) is 5.46. The van der Waals surface area contributed by atoms with E-state index in [2.05, 4.69) is 18.7 Å². The van der Waals surface area contributed by atoms with Crippen molar-refractivity contribution in [3.05, 3.63) is 23.8 Å². The van der Waals surface area contributed by atoms with E-state index in [9.17, 15) is 5.11 Å². The fourth-order valence-electron chi connectivity index (χ4n) is 2.76. The summed E-state index contributed by atoms with van der Waals surface area (Å²) < 4.78 is 5.06. The monoisotopic (exact) mass is 249 g/mol. The third kappa shape index (κ3) is 2.96. The van der Waals surface area contributed by atoms with Crippen molar-refractivity contribution < 1.29 is 9.84 Å². The van der Waals surface area contributed by atoms with Gasteiger partial charge in [0.15, 0.2) is 11.5 Å². The van der Waals surface area contributed by atoms with E-state index >= 15 is 0 Å². The highest BCUT2D eigenvalue weighted by Crippen LogP contribution is 2.28. The third-order valence-corrected chi connectivity index (χ3v) is 3.90. The van der Waals surface area contributed by atoms with Crippen LogP contribution < -0.4 is 4.74 Å². The van der Waals surface area contributed by atoms with Gasteiger partial charge in [-0.25, -0.2) is 0 Å². The van der Waals surface area contributed by atoms with Crippen LogP contribution >= 0.6 is 0 Å². The van der Waals surface area contributed by atoms with Gasteiger partial charge in [-0.15, -0.1) is 0 Å². The molecule has 18 heavy (non-hydrogen) atoms. The minimum absolute atomic E-state index is 0.230. The lowest BCUT2D eigenvalue weighted by molar-refractivity contribution is 0.122. The number of phenols is 1. The maximum absolute atomic E-state index is 9.79. The van der Waals surface area contributed by atoms with Gasteiger partial charge < -0.3 is 9.84 Å². The van der Waals surface area contributed by atoms with E-state index in [0.29, 0.717) is 11.8 Å². The third-order valence-electron chi connectivity index (χ3n) is 3.90. The molecule has 2 atom stereocenters. The molecule has 1 N–H and O–H groups in total. The Balaban J connectivity index is 2.03. The van der Waals surface area contributed by atoms with E-state index in [4.69, 9.17) is 4.74 Å². The number of likely N-dealkylation sites (tertiary alicyclic amines) is 1. The topological polar surface area (TPSA) is 32.7 Å². The summed E-state index contributed by atoms with van der Waals surface area (Å²) in [6, 6.07) is 6.30. The largest absolute Gasteiger partial charge is 0.504 e. The highest BCUT2D eigenvalue weighted by Gasteiger charge is 2.22. The molecule has 2 rings (SSSR count). The number of methoxy groups -OCH3 is 1. The standard InChI is InChI=1S/C15H23NO2/c1-11-6-7-16(12(2)8-11)10-13-4-5-15(18-3)14(17)9-13/h4-5,9,11-12,17H,6-8,10H2,1-3H3. The van der Waals surface area contributed by atoms with Crippen LogP contribution in [0.3, 0.4) is 0 Å². The van der Waals surface area contributed by atoms with Crippen LogP contribution in [0.5, 0.6) is 11.5 Å². The quantitative estimate of drug-likeness (QED) is 0.893. The summed E-state index contributed by atoms with van der Waals surface area (Å²) in [7, 11) is 1.57. The summed E-state index contributed by atoms with van der Waals surface area (Å²) >= 11 is 0. The molecule has 0 bridgehead atoms. The van der Waals surface area contributed by atoms with Crippen molar-refractivity contribution in [2.75, 3.05) is 13.7 Å². The van der Waals surface area contributed by atoms with E-state index in [-0.39, 0.29) is 5.75 Å². The Kier molecular flexibility index (Phi) is 4.12.